The highest BCUT2D eigenvalue weighted by Crippen LogP contribution is 2.47. The van der Waals surface area contributed by atoms with Crippen LogP contribution in [0.5, 0.6) is 0 Å². The maximum Gasteiger partial charge on any atom is 0.314 e. The number of aromatic nitrogens is 2. The van der Waals surface area contributed by atoms with Crippen molar-refractivity contribution in [3.05, 3.63) is 54.6 Å². The van der Waals surface area contributed by atoms with Gasteiger partial charge in [-0.2, -0.15) is 0 Å². The van der Waals surface area contributed by atoms with E-state index in [0.29, 0.717) is 13.1 Å². The number of urea groups is 1. The van der Waals surface area contributed by atoms with Crippen LogP contribution < -0.4 is 10.6 Å². The summed E-state index contributed by atoms with van der Waals surface area (Å²) in [5.41, 5.74) is 1.48. The van der Waals surface area contributed by atoms with Gasteiger partial charge in [-0.25, -0.2) is 9.78 Å². The van der Waals surface area contributed by atoms with Gasteiger partial charge in [0.1, 0.15) is 0 Å². The average molecular weight is 284 g/mol. The van der Waals surface area contributed by atoms with Crippen molar-refractivity contribution in [2.24, 2.45) is 0 Å². The second-order valence-corrected chi connectivity index (χ2v) is 5.56. The zero-order valence-corrected chi connectivity index (χ0v) is 12.0. The number of carbonyl (C=O) groups is 1. The molecule has 21 heavy (non-hydrogen) atoms. The number of hydrogen-bond acceptors (Lipinski definition) is 2. The summed E-state index contributed by atoms with van der Waals surface area (Å²) in [6.45, 7) is 2.03. The zero-order valence-electron chi connectivity index (χ0n) is 12.0. The molecule has 1 aliphatic carbocycles. The van der Waals surface area contributed by atoms with Gasteiger partial charge in [0.05, 0.1) is 6.33 Å². The molecule has 0 aliphatic heterocycles. The van der Waals surface area contributed by atoms with Crippen LogP contribution in [0.1, 0.15) is 18.4 Å². The lowest BCUT2D eigenvalue weighted by atomic mass is 9.96. The molecule has 5 nitrogen and oxygen atoms in total. The van der Waals surface area contributed by atoms with Gasteiger partial charge in [0.15, 0.2) is 0 Å². The fraction of sp³-hybridized carbons (Fsp3) is 0.375. The molecule has 2 N–H and O–H groups in total. The molecule has 0 unspecified atom stereocenters. The summed E-state index contributed by atoms with van der Waals surface area (Å²) in [5.74, 6) is 0. The van der Waals surface area contributed by atoms with E-state index < -0.39 is 0 Å². The molecule has 5 heteroatoms. The third-order valence-corrected chi connectivity index (χ3v) is 4.04. The molecule has 110 valence electrons. The van der Waals surface area contributed by atoms with Crippen LogP contribution >= 0.6 is 0 Å². The first-order valence-electron chi connectivity index (χ1n) is 7.31. The summed E-state index contributed by atoms with van der Waals surface area (Å²) < 4.78 is 1.94. The largest absolute Gasteiger partial charge is 0.337 e. The van der Waals surface area contributed by atoms with Gasteiger partial charge in [-0.05, 0) is 18.4 Å². The van der Waals surface area contributed by atoms with Crippen molar-refractivity contribution in [2.75, 3.05) is 13.1 Å². The molecule has 0 saturated heterocycles. The van der Waals surface area contributed by atoms with Crippen LogP contribution in [0.2, 0.25) is 0 Å². The molecule has 1 aromatic heterocycles. The first kappa shape index (κ1) is 13.7. The van der Waals surface area contributed by atoms with E-state index in [1.165, 1.54) is 5.56 Å². The number of rotatable bonds is 6. The number of nitrogens with zero attached hydrogens (tertiary/aromatic N) is 2. The minimum atomic E-state index is -0.0997. The van der Waals surface area contributed by atoms with Crippen molar-refractivity contribution in [3.63, 3.8) is 0 Å². The fourth-order valence-electron chi connectivity index (χ4n) is 2.54. The standard InChI is InChI=1S/C16H20N4O/c21-15(18-9-11-20-10-8-17-13-20)19-12-16(6-7-16)14-4-2-1-3-5-14/h1-5,8,10,13H,6-7,9,11-12H2,(H2,18,19,21). The van der Waals surface area contributed by atoms with E-state index in [2.05, 4.69) is 39.9 Å². The van der Waals surface area contributed by atoms with E-state index in [4.69, 9.17) is 0 Å². The SMILES string of the molecule is O=C(NCCn1ccnc1)NCC1(c2ccccc2)CC1. The Kier molecular flexibility index (Phi) is 3.90. The fourth-order valence-corrected chi connectivity index (χ4v) is 2.54. The number of nitrogens with one attached hydrogen (secondary N) is 2. The lowest BCUT2D eigenvalue weighted by Crippen LogP contribution is -2.40. The van der Waals surface area contributed by atoms with Crippen LogP contribution in [0.25, 0.3) is 0 Å². The molecule has 1 aromatic carbocycles. The van der Waals surface area contributed by atoms with Gasteiger partial charge in [0, 0.05) is 37.4 Å². The second kappa shape index (κ2) is 5.99. The number of carbonyl (C=O) groups excluding carboxylic acids is 1. The lowest BCUT2D eigenvalue weighted by Gasteiger charge is -2.17. The van der Waals surface area contributed by atoms with E-state index >= 15 is 0 Å². The maximum atomic E-state index is 11.8. The summed E-state index contributed by atoms with van der Waals surface area (Å²) >= 11 is 0. The van der Waals surface area contributed by atoms with Crippen LogP contribution in [-0.4, -0.2) is 28.7 Å². The molecule has 2 aromatic rings. The van der Waals surface area contributed by atoms with Gasteiger partial charge >= 0.3 is 6.03 Å². The van der Waals surface area contributed by atoms with E-state index in [0.717, 1.165) is 19.4 Å². The average Bonchev–Trinajstić information content (AvgIpc) is 3.14. The van der Waals surface area contributed by atoms with E-state index in [9.17, 15) is 4.79 Å². The minimum absolute atomic E-state index is 0.0997. The van der Waals surface area contributed by atoms with Crippen molar-refractivity contribution in [1.82, 2.24) is 20.2 Å². The highest BCUT2D eigenvalue weighted by Gasteiger charge is 2.44. The number of benzene rings is 1. The van der Waals surface area contributed by atoms with Gasteiger partial charge in [-0.15, -0.1) is 0 Å². The molecule has 1 saturated carbocycles. The Morgan fingerprint density at radius 1 is 1.24 bits per heavy atom. The Morgan fingerprint density at radius 3 is 2.71 bits per heavy atom. The molecule has 0 atom stereocenters. The summed E-state index contributed by atoms with van der Waals surface area (Å²) in [4.78, 5) is 15.8. The Morgan fingerprint density at radius 2 is 2.05 bits per heavy atom. The maximum absolute atomic E-state index is 11.8. The van der Waals surface area contributed by atoms with Gasteiger partial charge in [0.25, 0.3) is 0 Å². The Labute approximate surface area is 124 Å². The molecule has 1 fully saturated rings. The first-order valence-corrected chi connectivity index (χ1v) is 7.31. The third kappa shape index (κ3) is 3.42. The molecule has 0 bridgehead atoms. The van der Waals surface area contributed by atoms with Crippen LogP contribution in [0.15, 0.2) is 49.1 Å². The van der Waals surface area contributed by atoms with Crippen LogP contribution in [0, 0.1) is 0 Å². The molecule has 0 radical (unpaired) electrons. The van der Waals surface area contributed by atoms with Crippen molar-refractivity contribution in [2.45, 2.75) is 24.8 Å². The van der Waals surface area contributed by atoms with Crippen molar-refractivity contribution >= 4 is 6.03 Å². The van der Waals surface area contributed by atoms with Gasteiger partial charge in [-0.3, -0.25) is 0 Å². The molecule has 3 rings (SSSR count). The molecule has 2 amide bonds. The highest BCUT2D eigenvalue weighted by molar-refractivity contribution is 5.74. The number of hydrogen-bond donors (Lipinski definition) is 2. The predicted molar refractivity (Wildman–Crippen MR) is 81.0 cm³/mol. The Balaban J connectivity index is 1.42. The molecular formula is C16H20N4O. The molecule has 0 spiro atoms. The predicted octanol–water partition coefficient (Wildman–Crippen LogP) is 1.91. The van der Waals surface area contributed by atoms with Crippen LogP contribution in [0.4, 0.5) is 4.79 Å². The Bertz CT molecular complexity index is 576. The smallest absolute Gasteiger partial charge is 0.314 e. The topological polar surface area (TPSA) is 59.0 Å². The summed E-state index contributed by atoms with van der Waals surface area (Å²) in [6, 6.07) is 10.3. The second-order valence-electron chi connectivity index (χ2n) is 5.56. The number of imidazole rings is 1. The monoisotopic (exact) mass is 284 g/mol. The molecular weight excluding hydrogens is 264 g/mol. The minimum Gasteiger partial charge on any atom is -0.337 e. The van der Waals surface area contributed by atoms with E-state index in [1.54, 1.807) is 12.5 Å². The first-order chi connectivity index (χ1) is 10.3. The van der Waals surface area contributed by atoms with Crippen LogP contribution in [-0.2, 0) is 12.0 Å². The lowest BCUT2D eigenvalue weighted by molar-refractivity contribution is 0.239. The van der Waals surface area contributed by atoms with Gasteiger partial charge in [0.2, 0.25) is 0 Å². The van der Waals surface area contributed by atoms with E-state index in [1.807, 2.05) is 16.8 Å². The van der Waals surface area contributed by atoms with Crippen molar-refractivity contribution in [3.8, 4) is 0 Å². The molecule has 1 aliphatic rings. The van der Waals surface area contributed by atoms with Gasteiger partial charge < -0.3 is 15.2 Å². The van der Waals surface area contributed by atoms with Crippen LogP contribution in [0.3, 0.4) is 0 Å². The highest BCUT2D eigenvalue weighted by atomic mass is 16.2. The van der Waals surface area contributed by atoms with E-state index in [-0.39, 0.29) is 11.4 Å². The summed E-state index contributed by atoms with van der Waals surface area (Å²) in [6.07, 6.45) is 7.65. The summed E-state index contributed by atoms with van der Waals surface area (Å²) in [7, 11) is 0. The summed E-state index contributed by atoms with van der Waals surface area (Å²) in [5, 5.41) is 5.86. The van der Waals surface area contributed by atoms with Crippen molar-refractivity contribution < 1.29 is 4.79 Å². The third-order valence-electron chi connectivity index (χ3n) is 4.04. The quantitative estimate of drug-likeness (QED) is 0.851. The van der Waals surface area contributed by atoms with Crippen molar-refractivity contribution in [1.29, 1.82) is 0 Å². The number of amides is 2. The normalized spacial score (nSPS) is 15.4. The zero-order chi connectivity index (χ0) is 14.5. The van der Waals surface area contributed by atoms with Gasteiger partial charge in [-0.1, -0.05) is 30.3 Å². The Hall–Kier alpha value is -2.30. The molecule has 1 heterocycles.